The Morgan fingerprint density at radius 1 is 0.750 bits per heavy atom. The number of hydrogen-bond donors (Lipinski definition) is 0. The summed E-state index contributed by atoms with van der Waals surface area (Å²) in [6.07, 6.45) is 11.3. The van der Waals surface area contributed by atoms with Crippen LogP contribution in [-0.4, -0.2) is 41.6 Å². The number of ether oxygens (including phenoxy) is 5. The number of nitrogens with zero attached hydrogens (tertiary/aromatic N) is 2. The molecule has 0 saturated heterocycles. The third kappa shape index (κ3) is 12.5. The van der Waals surface area contributed by atoms with E-state index in [4.69, 9.17) is 23.7 Å². The van der Waals surface area contributed by atoms with Gasteiger partial charge in [-0.25, -0.2) is 0 Å². The second-order valence-electron chi connectivity index (χ2n) is 13.3. The summed E-state index contributed by atoms with van der Waals surface area (Å²) in [7, 11) is 0. The van der Waals surface area contributed by atoms with Crippen molar-refractivity contribution in [3.8, 4) is 17.2 Å². The fraction of sp³-hybridized carbons (Fsp3) is 0.526. The van der Waals surface area contributed by atoms with Crippen LogP contribution in [0.4, 0.5) is 11.4 Å². The molecule has 0 fully saturated rings. The van der Waals surface area contributed by atoms with Crippen molar-refractivity contribution in [1.82, 2.24) is 0 Å². The highest BCUT2D eigenvalue weighted by molar-refractivity contribution is 7.08. The van der Waals surface area contributed by atoms with Crippen LogP contribution < -0.4 is 14.2 Å². The molecular formula is C38H48N2O11S. The van der Waals surface area contributed by atoms with Gasteiger partial charge in [0.2, 0.25) is 0 Å². The van der Waals surface area contributed by atoms with Gasteiger partial charge < -0.3 is 23.7 Å². The fourth-order valence-electron chi connectivity index (χ4n) is 6.02. The lowest BCUT2D eigenvalue weighted by Crippen LogP contribution is -2.39. The van der Waals surface area contributed by atoms with Gasteiger partial charge in [0.15, 0.2) is 11.5 Å². The van der Waals surface area contributed by atoms with Crippen molar-refractivity contribution in [1.29, 1.82) is 0 Å². The van der Waals surface area contributed by atoms with E-state index in [0.717, 1.165) is 24.8 Å². The zero-order valence-electron chi connectivity index (χ0n) is 29.9. The SMILES string of the molecule is CCCCCCCCCCCCOc1ccc([N+](=O)[O-])c(COC(=O)CC2(CC(=O)OCc3cc(C)ccc3[N+](=O)[O-])COc3cscc3OC2)c1. The van der Waals surface area contributed by atoms with Gasteiger partial charge in [0.25, 0.3) is 11.4 Å². The quantitative estimate of drug-likeness (QED) is 0.0417. The number of nitro benzene ring substituents is 2. The molecule has 0 radical (unpaired) electrons. The Hall–Kier alpha value is -4.72. The summed E-state index contributed by atoms with van der Waals surface area (Å²) < 4.78 is 28.7. The van der Waals surface area contributed by atoms with Crippen LogP contribution in [0.25, 0.3) is 0 Å². The number of carbonyl (C=O) groups is 2. The molecule has 13 nitrogen and oxygen atoms in total. The number of rotatable bonds is 22. The topological polar surface area (TPSA) is 167 Å². The van der Waals surface area contributed by atoms with Gasteiger partial charge in [-0.2, -0.15) is 0 Å². The van der Waals surface area contributed by atoms with Crippen LogP contribution in [0.5, 0.6) is 17.2 Å². The predicted octanol–water partition coefficient (Wildman–Crippen LogP) is 9.20. The van der Waals surface area contributed by atoms with Crippen molar-refractivity contribution in [3.05, 3.63) is 84.1 Å². The molecule has 4 rings (SSSR count). The minimum Gasteiger partial charge on any atom is -0.494 e. The molecule has 1 aromatic heterocycles. The molecule has 0 spiro atoms. The zero-order chi connectivity index (χ0) is 37.3. The van der Waals surface area contributed by atoms with E-state index in [2.05, 4.69) is 6.92 Å². The molecule has 2 aromatic carbocycles. The van der Waals surface area contributed by atoms with Gasteiger partial charge in [0, 0.05) is 22.9 Å². The van der Waals surface area contributed by atoms with Crippen LogP contribution >= 0.6 is 11.3 Å². The van der Waals surface area contributed by atoms with Crippen LogP contribution in [0.3, 0.4) is 0 Å². The molecule has 3 aromatic rings. The first-order valence-electron chi connectivity index (χ1n) is 17.9. The number of unbranched alkanes of at least 4 members (excludes halogenated alkanes) is 9. The van der Waals surface area contributed by atoms with Gasteiger partial charge in [-0.3, -0.25) is 29.8 Å². The van der Waals surface area contributed by atoms with Crippen LogP contribution in [0.1, 0.15) is 101 Å². The van der Waals surface area contributed by atoms with E-state index in [1.807, 2.05) is 0 Å². The Morgan fingerprint density at radius 3 is 1.79 bits per heavy atom. The predicted molar refractivity (Wildman–Crippen MR) is 195 cm³/mol. The van der Waals surface area contributed by atoms with E-state index < -0.39 is 33.8 Å². The van der Waals surface area contributed by atoms with Crippen LogP contribution in [0, 0.1) is 32.6 Å². The summed E-state index contributed by atoms with van der Waals surface area (Å²) in [4.78, 5) is 48.7. The van der Waals surface area contributed by atoms with Crippen LogP contribution in [0.2, 0.25) is 0 Å². The molecule has 14 heteroatoms. The number of nitro groups is 2. The van der Waals surface area contributed by atoms with Gasteiger partial charge in [-0.1, -0.05) is 76.3 Å². The summed E-state index contributed by atoms with van der Waals surface area (Å²) in [5.74, 6) is -0.0755. The van der Waals surface area contributed by atoms with E-state index in [1.54, 1.807) is 29.8 Å². The molecule has 1 aliphatic rings. The number of aryl methyl sites for hydroxylation is 1. The molecule has 0 unspecified atom stereocenters. The maximum atomic E-state index is 13.3. The van der Waals surface area contributed by atoms with Crippen molar-refractivity contribution in [2.24, 2.45) is 5.41 Å². The molecule has 0 saturated carbocycles. The summed E-state index contributed by atoms with van der Waals surface area (Å²) in [5, 5.41) is 26.8. The fourth-order valence-corrected chi connectivity index (χ4v) is 6.70. The largest absolute Gasteiger partial charge is 0.494 e. The summed E-state index contributed by atoms with van der Waals surface area (Å²) in [6.45, 7) is 3.54. The average Bonchev–Trinajstić information content (AvgIpc) is 3.51. The van der Waals surface area contributed by atoms with Crippen molar-refractivity contribution >= 4 is 34.7 Å². The number of thiophene rings is 1. The lowest BCUT2D eigenvalue weighted by Gasteiger charge is -2.29. The highest BCUT2D eigenvalue weighted by Crippen LogP contribution is 2.40. The third-order valence-corrected chi connectivity index (χ3v) is 9.62. The maximum Gasteiger partial charge on any atom is 0.306 e. The Morgan fingerprint density at radius 2 is 1.25 bits per heavy atom. The zero-order valence-corrected chi connectivity index (χ0v) is 30.7. The van der Waals surface area contributed by atoms with Crippen molar-refractivity contribution in [2.45, 2.75) is 104 Å². The molecule has 0 bridgehead atoms. The summed E-state index contributed by atoms with van der Waals surface area (Å²) >= 11 is 1.37. The Kier molecular flexibility index (Phi) is 15.7. The second kappa shape index (κ2) is 20.4. The Balaban J connectivity index is 1.33. The maximum absolute atomic E-state index is 13.3. The van der Waals surface area contributed by atoms with Crippen molar-refractivity contribution in [3.63, 3.8) is 0 Å². The molecule has 0 N–H and O–H groups in total. The third-order valence-electron chi connectivity index (χ3n) is 8.92. The number of benzene rings is 2. The smallest absolute Gasteiger partial charge is 0.306 e. The van der Waals surface area contributed by atoms with Crippen molar-refractivity contribution < 1.29 is 43.1 Å². The Bertz CT molecular complexity index is 1630. The molecule has 1 aliphatic heterocycles. The number of hydrogen-bond acceptors (Lipinski definition) is 12. The van der Waals surface area contributed by atoms with Gasteiger partial charge in [0.05, 0.1) is 59.1 Å². The molecule has 0 aliphatic carbocycles. The normalized spacial score (nSPS) is 13.2. The highest BCUT2D eigenvalue weighted by Gasteiger charge is 2.41. The molecule has 0 amide bonds. The van der Waals surface area contributed by atoms with Crippen LogP contribution in [-0.2, 0) is 32.3 Å². The second-order valence-corrected chi connectivity index (χ2v) is 14.1. The summed E-state index contributed by atoms with van der Waals surface area (Å²) in [6, 6.07) is 8.90. The van der Waals surface area contributed by atoms with E-state index in [9.17, 15) is 29.8 Å². The molecule has 2 heterocycles. The van der Waals surface area contributed by atoms with E-state index in [-0.39, 0.29) is 55.2 Å². The number of esters is 2. The first-order chi connectivity index (χ1) is 25.1. The average molecular weight is 741 g/mol. The first kappa shape index (κ1) is 40.1. The molecule has 52 heavy (non-hydrogen) atoms. The van der Waals surface area contributed by atoms with E-state index >= 15 is 0 Å². The number of carbonyl (C=O) groups excluding carboxylic acids is 2. The Labute approximate surface area is 307 Å². The number of fused-ring (bicyclic) bond motifs is 1. The lowest BCUT2D eigenvalue weighted by molar-refractivity contribution is -0.386. The lowest BCUT2D eigenvalue weighted by atomic mass is 9.82. The van der Waals surface area contributed by atoms with Crippen molar-refractivity contribution in [2.75, 3.05) is 19.8 Å². The minimum atomic E-state index is -1.23. The van der Waals surface area contributed by atoms with Gasteiger partial charge in [-0.15, -0.1) is 11.3 Å². The monoisotopic (exact) mass is 740 g/mol. The minimum absolute atomic E-state index is 0.0893. The summed E-state index contributed by atoms with van der Waals surface area (Å²) in [5.41, 5.74) is -0.452. The standard InChI is InChI=1S/C38H48N2O11S/c1-3-4-5-6-7-8-9-10-11-12-17-47-31-14-16-33(40(45)46)30(19-31)23-49-37(42)21-38(26-50-34-24-52-25-35(34)51-27-38)20-36(41)48-22-29-18-28(2)13-15-32(29)39(43)44/h13-16,18-19,24-25H,3-12,17,20-23,26-27H2,1-2H3. The molecule has 0 atom stereocenters. The molecule has 282 valence electrons. The van der Waals surface area contributed by atoms with E-state index in [0.29, 0.717) is 23.9 Å². The van der Waals surface area contributed by atoms with Crippen LogP contribution in [0.15, 0.2) is 47.2 Å². The van der Waals surface area contributed by atoms with E-state index in [1.165, 1.54) is 80.5 Å². The first-order valence-corrected chi connectivity index (χ1v) is 18.8. The van der Waals surface area contributed by atoms with Gasteiger partial charge >= 0.3 is 11.9 Å². The molecular weight excluding hydrogens is 692 g/mol. The van der Waals surface area contributed by atoms with Gasteiger partial charge in [0.1, 0.15) is 19.0 Å². The van der Waals surface area contributed by atoms with Gasteiger partial charge in [-0.05, 0) is 31.5 Å². The highest BCUT2D eigenvalue weighted by atomic mass is 32.1.